The molecule has 2 unspecified atom stereocenters. The Labute approximate surface area is 122 Å². The molecule has 0 spiro atoms. The van der Waals surface area contributed by atoms with Crippen molar-refractivity contribution in [3.8, 4) is 0 Å². The molecule has 1 rings (SSSR count). The molecule has 3 N–H and O–H groups in total. The number of hydrogen-bond donors (Lipinski definition) is 3. The SMILES string of the molecule is CC(C=CC1=C(C)CC(C(O)CO)CC1(C)C)=CCO. The molecule has 20 heavy (non-hydrogen) atoms. The predicted octanol–water partition coefficient (Wildman–Crippen LogP) is 2.59. The Balaban J connectivity index is 2.97. The molecule has 0 fully saturated rings. The van der Waals surface area contributed by atoms with Crippen molar-refractivity contribution in [1.82, 2.24) is 0 Å². The van der Waals surface area contributed by atoms with Gasteiger partial charge in [0.05, 0.1) is 19.3 Å². The van der Waals surface area contributed by atoms with Gasteiger partial charge in [-0.25, -0.2) is 0 Å². The van der Waals surface area contributed by atoms with Gasteiger partial charge in [0.25, 0.3) is 0 Å². The van der Waals surface area contributed by atoms with Gasteiger partial charge in [-0.15, -0.1) is 0 Å². The van der Waals surface area contributed by atoms with Crippen molar-refractivity contribution in [2.45, 2.75) is 46.6 Å². The Hall–Kier alpha value is -0.900. The lowest BCUT2D eigenvalue weighted by Crippen LogP contribution is -2.33. The molecule has 3 heteroatoms. The Morgan fingerprint density at radius 3 is 2.55 bits per heavy atom. The van der Waals surface area contributed by atoms with Gasteiger partial charge in [-0.1, -0.05) is 43.2 Å². The molecule has 114 valence electrons. The van der Waals surface area contributed by atoms with E-state index in [0.717, 1.165) is 18.4 Å². The van der Waals surface area contributed by atoms with Crippen molar-refractivity contribution in [3.63, 3.8) is 0 Å². The van der Waals surface area contributed by atoms with Crippen LogP contribution in [0.15, 0.2) is 34.9 Å². The third kappa shape index (κ3) is 4.30. The molecular formula is C17H28O3. The Kier molecular flexibility index (Phi) is 6.18. The van der Waals surface area contributed by atoms with Crippen LogP contribution < -0.4 is 0 Å². The van der Waals surface area contributed by atoms with Crippen LogP contribution in [0.2, 0.25) is 0 Å². The summed E-state index contributed by atoms with van der Waals surface area (Å²) < 4.78 is 0. The first-order valence-corrected chi connectivity index (χ1v) is 7.26. The summed E-state index contributed by atoms with van der Waals surface area (Å²) in [4.78, 5) is 0. The summed E-state index contributed by atoms with van der Waals surface area (Å²) in [5.74, 6) is 0.126. The molecule has 0 saturated heterocycles. The van der Waals surface area contributed by atoms with E-state index in [2.05, 4.69) is 26.8 Å². The third-order valence-corrected chi connectivity index (χ3v) is 4.19. The lowest BCUT2D eigenvalue weighted by molar-refractivity contribution is 0.0288. The third-order valence-electron chi connectivity index (χ3n) is 4.19. The Bertz CT molecular complexity index is 416. The number of aliphatic hydroxyl groups is 3. The van der Waals surface area contributed by atoms with Gasteiger partial charge in [-0.3, -0.25) is 0 Å². The molecule has 1 aliphatic rings. The number of hydrogen-bond acceptors (Lipinski definition) is 3. The summed E-state index contributed by atoms with van der Waals surface area (Å²) in [7, 11) is 0. The minimum atomic E-state index is -0.634. The quantitative estimate of drug-likeness (QED) is 0.678. The highest BCUT2D eigenvalue weighted by atomic mass is 16.3. The summed E-state index contributed by atoms with van der Waals surface area (Å²) >= 11 is 0. The fourth-order valence-electron chi connectivity index (χ4n) is 3.13. The van der Waals surface area contributed by atoms with E-state index in [1.54, 1.807) is 6.08 Å². The van der Waals surface area contributed by atoms with E-state index < -0.39 is 6.10 Å². The lowest BCUT2D eigenvalue weighted by Gasteiger charge is -2.39. The van der Waals surface area contributed by atoms with Gasteiger partial charge in [0, 0.05) is 0 Å². The van der Waals surface area contributed by atoms with Crippen LogP contribution in [-0.2, 0) is 0 Å². The number of rotatable bonds is 5. The molecule has 0 aromatic rings. The van der Waals surface area contributed by atoms with Crippen LogP contribution in [0.3, 0.4) is 0 Å². The minimum absolute atomic E-state index is 0.0147. The van der Waals surface area contributed by atoms with Crippen LogP contribution in [0.1, 0.15) is 40.5 Å². The summed E-state index contributed by atoms with van der Waals surface area (Å²) in [6.07, 6.45) is 6.99. The largest absolute Gasteiger partial charge is 0.394 e. The molecular weight excluding hydrogens is 252 g/mol. The van der Waals surface area contributed by atoms with E-state index in [4.69, 9.17) is 10.2 Å². The zero-order chi connectivity index (χ0) is 15.3. The van der Waals surface area contributed by atoms with E-state index in [1.165, 1.54) is 11.1 Å². The monoisotopic (exact) mass is 280 g/mol. The second-order valence-electron chi connectivity index (χ2n) is 6.46. The summed E-state index contributed by atoms with van der Waals surface area (Å²) in [5.41, 5.74) is 3.59. The van der Waals surface area contributed by atoms with Gasteiger partial charge in [0.15, 0.2) is 0 Å². The molecule has 0 amide bonds. The standard InChI is InChI=1S/C17H28O3/c1-12(7-8-18)5-6-15-13(2)9-14(16(20)11-19)10-17(15,3)4/h5-7,14,16,18-20H,8-11H2,1-4H3. The maximum atomic E-state index is 9.88. The van der Waals surface area contributed by atoms with E-state index in [1.807, 2.05) is 13.0 Å². The number of aliphatic hydroxyl groups excluding tert-OH is 3. The zero-order valence-corrected chi connectivity index (χ0v) is 13.1. The van der Waals surface area contributed by atoms with Crippen molar-refractivity contribution >= 4 is 0 Å². The normalized spacial score (nSPS) is 25.4. The fourth-order valence-corrected chi connectivity index (χ4v) is 3.13. The van der Waals surface area contributed by atoms with E-state index >= 15 is 0 Å². The van der Waals surface area contributed by atoms with E-state index in [0.29, 0.717) is 0 Å². The highest BCUT2D eigenvalue weighted by Gasteiger charge is 2.35. The van der Waals surface area contributed by atoms with Crippen molar-refractivity contribution in [2.75, 3.05) is 13.2 Å². The van der Waals surface area contributed by atoms with Crippen molar-refractivity contribution in [3.05, 3.63) is 34.9 Å². The Morgan fingerprint density at radius 2 is 2.05 bits per heavy atom. The minimum Gasteiger partial charge on any atom is -0.394 e. The van der Waals surface area contributed by atoms with Crippen LogP contribution >= 0.6 is 0 Å². The van der Waals surface area contributed by atoms with Gasteiger partial charge in [-0.05, 0) is 43.6 Å². The molecule has 0 saturated carbocycles. The van der Waals surface area contributed by atoms with Gasteiger partial charge < -0.3 is 15.3 Å². The van der Waals surface area contributed by atoms with Crippen LogP contribution in [0, 0.1) is 11.3 Å². The molecule has 0 aliphatic heterocycles. The van der Waals surface area contributed by atoms with E-state index in [9.17, 15) is 5.11 Å². The van der Waals surface area contributed by atoms with Crippen molar-refractivity contribution in [1.29, 1.82) is 0 Å². The first kappa shape index (κ1) is 17.2. The average molecular weight is 280 g/mol. The number of allylic oxidation sites excluding steroid dienone is 5. The van der Waals surface area contributed by atoms with Crippen LogP contribution in [0.5, 0.6) is 0 Å². The van der Waals surface area contributed by atoms with Gasteiger partial charge >= 0.3 is 0 Å². The average Bonchev–Trinajstić information content (AvgIpc) is 2.36. The predicted molar refractivity (Wildman–Crippen MR) is 82.3 cm³/mol. The first-order chi connectivity index (χ1) is 9.31. The highest BCUT2D eigenvalue weighted by molar-refractivity contribution is 5.36. The molecule has 0 aromatic carbocycles. The van der Waals surface area contributed by atoms with E-state index in [-0.39, 0.29) is 24.5 Å². The highest BCUT2D eigenvalue weighted by Crippen LogP contribution is 2.44. The van der Waals surface area contributed by atoms with Crippen molar-refractivity contribution < 1.29 is 15.3 Å². The molecule has 3 nitrogen and oxygen atoms in total. The lowest BCUT2D eigenvalue weighted by atomic mass is 9.67. The summed E-state index contributed by atoms with van der Waals surface area (Å²) in [6.45, 7) is 8.31. The summed E-state index contributed by atoms with van der Waals surface area (Å²) in [5, 5.41) is 27.9. The van der Waals surface area contributed by atoms with Crippen molar-refractivity contribution in [2.24, 2.45) is 11.3 Å². The fraction of sp³-hybridized carbons (Fsp3) is 0.647. The molecule has 0 radical (unpaired) electrons. The van der Waals surface area contributed by atoms with Crippen LogP contribution in [0.25, 0.3) is 0 Å². The van der Waals surface area contributed by atoms with Gasteiger partial charge in [0.1, 0.15) is 0 Å². The second-order valence-corrected chi connectivity index (χ2v) is 6.46. The van der Waals surface area contributed by atoms with Crippen LogP contribution in [-0.4, -0.2) is 34.6 Å². The second kappa shape index (κ2) is 7.21. The maximum absolute atomic E-state index is 9.88. The molecule has 1 aliphatic carbocycles. The first-order valence-electron chi connectivity index (χ1n) is 7.26. The summed E-state index contributed by atoms with van der Waals surface area (Å²) in [6, 6.07) is 0. The topological polar surface area (TPSA) is 60.7 Å². The van der Waals surface area contributed by atoms with Gasteiger partial charge in [-0.2, -0.15) is 0 Å². The smallest absolute Gasteiger partial charge is 0.0802 e. The van der Waals surface area contributed by atoms with Crippen LogP contribution in [0.4, 0.5) is 0 Å². The zero-order valence-electron chi connectivity index (χ0n) is 13.1. The molecule has 2 atom stereocenters. The molecule has 0 bridgehead atoms. The van der Waals surface area contributed by atoms with Gasteiger partial charge in [0.2, 0.25) is 0 Å². The maximum Gasteiger partial charge on any atom is 0.0802 e. The Morgan fingerprint density at radius 1 is 1.40 bits per heavy atom. The molecule has 0 aromatic heterocycles. The molecule has 0 heterocycles.